The third-order valence-electron chi connectivity index (χ3n) is 7.68. The summed E-state index contributed by atoms with van der Waals surface area (Å²) in [6, 6.07) is 24.3. The fourth-order valence-corrected chi connectivity index (χ4v) is 5.32. The summed E-state index contributed by atoms with van der Waals surface area (Å²) < 4.78 is 5.69. The van der Waals surface area contributed by atoms with E-state index in [4.69, 9.17) is 4.74 Å². The molecule has 38 heavy (non-hydrogen) atoms. The van der Waals surface area contributed by atoms with Gasteiger partial charge in [-0.05, 0) is 67.4 Å². The molecule has 3 aromatic carbocycles. The number of aldehydes is 1. The van der Waals surface area contributed by atoms with Crippen molar-refractivity contribution in [3.8, 4) is 5.75 Å². The Kier molecular flexibility index (Phi) is 9.10. The number of hydrogen-bond donors (Lipinski definition) is 1. The molecule has 0 aliphatic carbocycles. The Morgan fingerprint density at radius 1 is 1.08 bits per heavy atom. The zero-order valence-electron chi connectivity index (χ0n) is 22.5. The highest BCUT2D eigenvalue weighted by Crippen LogP contribution is 2.43. The van der Waals surface area contributed by atoms with Crippen molar-refractivity contribution in [1.82, 2.24) is 9.80 Å². The molecule has 0 aromatic heterocycles. The zero-order chi connectivity index (χ0) is 27.1. The molecule has 6 nitrogen and oxygen atoms in total. The van der Waals surface area contributed by atoms with Crippen LogP contribution in [0.5, 0.6) is 5.75 Å². The SMILES string of the molecule is CCN(CC)Cc1cccc(C(=O)Oc2ccc(C3CC(O)(c4ccccc4)CCN3C(C)C=O)cc2)c1. The van der Waals surface area contributed by atoms with Gasteiger partial charge in [-0.1, -0.05) is 68.4 Å². The number of likely N-dealkylation sites (tertiary alicyclic amines) is 1. The number of ether oxygens (including phenoxy) is 1. The first-order chi connectivity index (χ1) is 18.4. The maximum Gasteiger partial charge on any atom is 0.343 e. The number of hydrogen-bond acceptors (Lipinski definition) is 6. The van der Waals surface area contributed by atoms with Gasteiger partial charge in [-0.3, -0.25) is 9.80 Å². The maximum atomic E-state index is 12.9. The van der Waals surface area contributed by atoms with Crippen LogP contribution in [0.3, 0.4) is 0 Å². The minimum atomic E-state index is -0.980. The summed E-state index contributed by atoms with van der Waals surface area (Å²) >= 11 is 0. The fourth-order valence-electron chi connectivity index (χ4n) is 5.32. The summed E-state index contributed by atoms with van der Waals surface area (Å²) in [5, 5.41) is 11.6. The van der Waals surface area contributed by atoms with E-state index in [2.05, 4.69) is 23.6 Å². The number of carbonyl (C=O) groups is 2. The van der Waals surface area contributed by atoms with E-state index in [1.807, 2.05) is 67.6 Å². The van der Waals surface area contributed by atoms with Gasteiger partial charge >= 0.3 is 5.97 Å². The van der Waals surface area contributed by atoms with Crippen LogP contribution in [0.4, 0.5) is 0 Å². The van der Waals surface area contributed by atoms with Gasteiger partial charge in [-0.2, -0.15) is 0 Å². The van der Waals surface area contributed by atoms with Crippen molar-refractivity contribution in [2.45, 2.75) is 57.8 Å². The Balaban J connectivity index is 1.50. The molecule has 6 heteroatoms. The van der Waals surface area contributed by atoms with Crippen LogP contribution in [0.1, 0.15) is 66.7 Å². The van der Waals surface area contributed by atoms with Gasteiger partial charge in [-0.15, -0.1) is 0 Å². The van der Waals surface area contributed by atoms with Crippen LogP contribution in [-0.2, 0) is 16.9 Å². The van der Waals surface area contributed by atoms with Crippen molar-refractivity contribution in [2.24, 2.45) is 0 Å². The summed E-state index contributed by atoms with van der Waals surface area (Å²) in [5.41, 5.74) is 2.47. The van der Waals surface area contributed by atoms with Crippen molar-refractivity contribution in [3.63, 3.8) is 0 Å². The highest BCUT2D eigenvalue weighted by molar-refractivity contribution is 5.91. The molecule has 3 unspecified atom stereocenters. The van der Waals surface area contributed by atoms with E-state index in [1.165, 1.54) is 0 Å². The van der Waals surface area contributed by atoms with E-state index < -0.39 is 11.6 Å². The monoisotopic (exact) mass is 514 g/mol. The highest BCUT2D eigenvalue weighted by atomic mass is 16.5. The van der Waals surface area contributed by atoms with Gasteiger partial charge in [-0.25, -0.2) is 4.79 Å². The molecule has 0 spiro atoms. The Labute approximate surface area is 225 Å². The summed E-state index contributed by atoms with van der Waals surface area (Å²) in [6.07, 6.45) is 1.97. The minimum Gasteiger partial charge on any atom is -0.423 e. The van der Waals surface area contributed by atoms with Crippen molar-refractivity contribution < 1.29 is 19.4 Å². The van der Waals surface area contributed by atoms with E-state index in [0.717, 1.165) is 42.6 Å². The Hall–Kier alpha value is -3.32. The summed E-state index contributed by atoms with van der Waals surface area (Å²) in [4.78, 5) is 29.0. The lowest BCUT2D eigenvalue weighted by molar-refractivity contribution is -0.117. The minimum absolute atomic E-state index is 0.157. The van der Waals surface area contributed by atoms with E-state index in [0.29, 0.717) is 30.7 Å². The van der Waals surface area contributed by atoms with Crippen LogP contribution in [0, 0.1) is 0 Å². The second kappa shape index (κ2) is 12.5. The number of aliphatic hydroxyl groups is 1. The van der Waals surface area contributed by atoms with E-state index >= 15 is 0 Å². The number of carbonyl (C=O) groups excluding carboxylic acids is 2. The van der Waals surface area contributed by atoms with Crippen molar-refractivity contribution in [2.75, 3.05) is 19.6 Å². The maximum absolute atomic E-state index is 12.9. The molecular formula is C32H38N2O4. The molecule has 0 amide bonds. The Morgan fingerprint density at radius 3 is 2.45 bits per heavy atom. The quantitative estimate of drug-likeness (QED) is 0.223. The molecule has 4 rings (SSSR count). The molecule has 1 saturated heterocycles. The molecular weight excluding hydrogens is 476 g/mol. The first kappa shape index (κ1) is 27.7. The predicted molar refractivity (Wildman–Crippen MR) is 149 cm³/mol. The first-order valence-corrected chi connectivity index (χ1v) is 13.5. The average Bonchev–Trinajstić information content (AvgIpc) is 2.96. The lowest BCUT2D eigenvalue weighted by atomic mass is 9.78. The lowest BCUT2D eigenvalue weighted by Crippen LogP contribution is -2.48. The van der Waals surface area contributed by atoms with E-state index in [-0.39, 0.29) is 12.1 Å². The molecule has 1 fully saturated rings. The standard InChI is InChI=1S/C32H38N2O4/c1-4-33(5-2)22-25-10-9-11-27(20-25)31(36)38-29-16-14-26(15-17-29)30-21-32(37,28-12-7-6-8-13-28)18-19-34(30)24(3)23-35/h6-17,20,23-24,30,37H,4-5,18-19,21-22H2,1-3H3. The van der Waals surface area contributed by atoms with Crippen LogP contribution in [0.25, 0.3) is 0 Å². The molecule has 3 aromatic rings. The van der Waals surface area contributed by atoms with Crippen molar-refractivity contribution in [3.05, 3.63) is 101 Å². The van der Waals surface area contributed by atoms with Gasteiger partial charge in [0.25, 0.3) is 0 Å². The van der Waals surface area contributed by atoms with E-state index in [1.54, 1.807) is 18.2 Å². The van der Waals surface area contributed by atoms with Gasteiger partial charge in [0.1, 0.15) is 12.0 Å². The van der Waals surface area contributed by atoms with Crippen LogP contribution < -0.4 is 4.74 Å². The predicted octanol–water partition coefficient (Wildman–Crippen LogP) is 5.36. The van der Waals surface area contributed by atoms with Crippen LogP contribution >= 0.6 is 0 Å². The molecule has 0 bridgehead atoms. The van der Waals surface area contributed by atoms with Gasteiger partial charge in [0.15, 0.2) is 0 Å². The molecule has 0 saturated carbocycles. The smallest absolute Gasteiger partial charge is 0.343 e. The summed E-state index contributed by atoms with van der Waals surface area (Å²) in [6.45, 7) is 9.41. The number of piperidine rings is 1. The van der Waals surface area contributed by atoms with E-state index in [9.17, 15) is 14.7 Å². The van der Waals surface area contributed by atoms with Crippen LogP contribution in [-0.4, -0.2) is 52.8 Å². The first-order valence-electron chi connectivity index (χ1n) is 13.5. The number of rotatable bonds is 10. The second-order valence-corrected chi connectivity index (χ2v) is 10.1. The second-order valence-electron chi connectivity index (χ2n) is 10.1. The van der Waals surface area contributed by atoms with Gasteiger partial charge in [0, 0.05) is 25.6 Å². The van der Waals surface area contributed by atoms with Crippen molar-refractivity contribution >= 4 is 12.3 Å². The number of benzene rings is 3. The molecule has 1 aliphatic rings. The lowest BCUT2D eigenvalue weighted by Gasteiger charge is -2.46. The van der Waals surface area contributed by atoms with Crippen molar-refractivity contribution in [1.29, 1.82) is 0 Å². The number of esters is 1. The fraction of sp³-hybridized carbons (Fsp3) is 0.375. The molecule has 1 heterocycles. The normalized spacial score (nSPS) is 20.7. The highest BCUT2D eigenvalue weighted by Gasteiger charge is 2.41. The molecule has 1 N–H and O–H groups in total. The number of nitrogens with zero attached hydrogens (tertiary/aromatic N) is 2. The molecule has 3 atom stereocenters. The molecule has 200 valence electrons. The average molecular weight is 515 g/mol. The molecule has 0 radical (unpaired) electrons. The Bertz CT molecular complexity index is 1210. The van der Waals surface area contributed by atoms with Crippen LogP contribution in [0.2, 0.25) is 0 Å². The molecule has 1 aliphatic heterocycles. The largest absolute Gasteiger partial charge is 0.423 e. The topological polar surface area (TPSA) is 70.1 Å². The van der Waals surface area contributed by atoms with Gasteiger partial charge in [0.2, 0.25) is 0 Å². The summed E-state index contributed by atoms with van der Waals surface area (Å²) in [5.74, 6) is 0.0588. The van der Waals surface area contributed by atoms with Crippen LogP contribution in [0.15, 0.2) is 78.9 Å². The third kappa shape index (κ3) is 6.38. The summed E-state index contributed by atoms with van der Waals surface area (Å²) in [7, 11) is 0. The van der Waals surface area contributed by atoms with Gasteiger partial charge < -0.3 is 14.6 Å². The van der Waals surface area contributed by atoms with Gasteiger partial charge in [0.05, 0.1) is 17.2 Å². The Morgan fingerprint density at radius 2 is 1.79 bits per heavy atom. The third-order valence-corrected chi connectivity index (χ3v) is 7.68. The zero-order valence-corrected chi connectivity index (χ0v) is 22.5.